The minimum atomic E-state index is -0.557. The smallest absolute Gasteiger partial charge is 0.410 e. The molecule has 7 heteroatoms. The van der Waals surface area contributed by atoms with E-state index in [9.17, 15) is 9.59 Å². The Labute approximate surface area is 148 Å². The van der Waals surface area contributed by atoms with Crippen LogP contribution in [0.15, 0.2) is 10.5 Å². The molecule has 0 saturated carbocycles. The Balaban J connectivity index is 1.80. The van der Waals surface area contributed by atoms with Crippen molar-refractivity contribution in [1.29, 1.82) is 0 Å². The van der Waals surface area contributed by atoms with Gasteiger partial charge in [-0.1, -0.05) is 20.8 Å². The van der Waals surface area contributed by atoms with Gasteiger partial charge in [-0.05, 0) is 25.5 Å². The van der Waals surface area contributed by atoms with E-state index in [1.165, 1.54) is 0 Å². The van der Waals surface area contributed by atoms with Crippen molar-refractivity contribution in [1.82, 2.24) is 9.80 Å². The normalized spacial score (nSPS) is 24.8. The van der Waals surface area contributed by atoms with Gasteiger partial charge >= 0.3 is 6.09 Å². The third-order valence-electron chi connectivity index (χ3n) is 4.89. The minimum absolute atomic E-state index is 0.193. The molecule has 3 heterocycles. The predicted molar refractivity (Wildman–Crippen MR) is 92.3 cm³/mol. The Bertz CT molecular complexity index is 691. The molecular weight excluding hydrogens is 322 g/mol. The first-order chi connectivity index (χ1) is 11.6. The molecule has 2 amide bonds. The quantitative estimate of drug-likeness (QED) is 0.902. The lowest BCUT2D eigenvalue weighted by Gasteiger charge is -2.38. The summed E-state index contributed by atoms with van der Waals surface area (Å²) < 4.78 is 11.4. The van der Waals surface area contributed by atoms with Crippen LogP contribution in [0.4, 0.5) is 4.79 Å². The van der Waals surface area contributed by atoms with Gasteiger partial charge in [-0.25, -0.2) is 4.79 Å². The molecule has 2 fully saturated rings. The number of likely N-dealkylation sites (tertiary alicyclic amines) is 1. The summed E-state index contributed by atoms with van der Waals surface area (Å²) in [5.41, 5.74) is 5.70. The average molecular weight is 349 g/mol. The Hall–Kier alpha value is -2.02. The molecule has 2 N–H and O–H groups in total. The molecule has 2 aliphatic rings. The fourth-order valence-electron chi connectivity index (χ4n) is 3.87. The zero-order valence-electron chi connectivity index (χ0n) is 15.4. The largest absolute Gasteiger partial charge is 0.455 e. The highest BCUT2D eigenvalue weighted by atomic mass is 16.6. The van der Waals surface area contributed by atoms with Gasteiger partial charge < -0.3 is 19.8 Å². The van der Waals surface area contributed by atoms with E-state index >= 15 is 0 Å². The van der Waals surface area contributed by atoms with Crippen LogP contribution in [-0.4, -0.2) is 54.1 Å². The number of nitrogens with zero attached hydrogens (tertiary/aromatic N) is 2. The van der Waals surface area contributed by atoms with Gasteiger partial charge in [0.1, 0.15) is 11.4 Å². The van der Waals surface area contributed by atoms with Gasteiger partial charge in [0.15, 0.2) is 5.76 Å². The number of likely N-dealkylation sites (N-methyl/N-ethyl adjacent to an activating group) is 1. The summed E-state index contributed by atoms with van der Waals surface area (Å²) in [5.74, 6) is 0.415. The average Bonchev–Trinajstić information content (AvgIpc) is 3.01. The second-order valence-corrected chi connectivity index (χ2v) is 8.30. The molecule has 25 heavy (non-hydrogen) atoms. The second-order valence-electron chi connectivity index (χ2n) is 8.30. The van der Waals surface area contributed by atoms with E-state index in [4.69, 9.17) is 14.9 Å². The van der Waals surface area contributed by atoms with Gasteiger partial charge in [0.25, 0.3) is 5.91 Å². The number of hydrogen-bond donors (Lipinski definition) is 1. The Morgan fingerprint density at radius 1 is 1.36 bits per heavy atom. The summed E-state index contributed by atoms with van der Waals surface area (Å²) >= 11 is 0. The van der Waals surface area contributed by atoms with Crippen LogP contribution >= 0.6 is 0 Å². The molecule has 138 valence electrons. The van der Waals surface area contributed by atoms with Gasteiger partial charge in [0.05, 0.1) is 6.54 Å². The molecule has 2 aliphatic heterocycles. The first-order valence-electron chi connectivity index (χ1n) is 8.69. The summed E-state index contributed by atoms with van der Waals surface area (Å²) in [5, 5.41) is 0. The van der Waals surface area contributed by atoms with Crippen molar-refractivity contribution in [2.45, 2.75) is 51.2 Å². The van der Waals surface area contributed by atoms with Gasteiger partial charge in [-0.2, -0.15) is 0 Å². The number of nitrogens with two attached hydrogens (primary N) is 1. The molecule has 1 aromatic rings. The number of carbonyl (C=O) groups excluding carboxylic acids is 2. The predicted octanol–water partition coefficient (Wildman–Crippen LogP) is 2.09. The van der Waals surface area contributed by atoms with Crippen LogP contribution in [0.3, 0.4) is 0 Å². The maximum atomic E-state index is 11.8. The molecule has 3 rings (SSSR count). The number of primary amides is 1. The fraction of sp³-hybridized carbons (Fsp3) is 0.667. The minimum Gasteiger partial charge on any atom is -0.455 e. The summed E-state index contributed by atoms with van der Waals surface area (Å²) in [7, 11) is 1.77. The zero-order valence-corrected chi connectivity index (χ0v) is 15.4. The standard InChI is InChI=1S/C18H27N3O4/c1-17(2,3)14-12(8-13(24-14)15(19)22)9-21-7-5-6-18(11-21)10-20(4)16(23)25-18/h8H,5-7,9-11H2,1-4H3,(H2,19,22)/t18-/m0/s1. The number of hydrogen-bond acceptors (Lipinski definition) is 5. The SMILES string of the molecule is CN1C[C@]2(CCCN(Cc3cc(C(N)=O)oc3C(C)(C)C)C2)OC1=O. The molecule has 0 aromatic carbocycles. The van der Waals surface area contributed by atoms with Gasteiger partial charge in [0, 0.05) is 31.1 Å². The van der Waals surface area contributed by atoms with Gasteiger partial charge in [0.2, 0.25) is 0 Å². The number of piperidine rings is 1. The number of furan rings is 1. The molecule has 0 aliphatic carbocycles. The van der Waals surface area contributed by atoms with E-state index in [2.05, 4.69) is 4.90 Å². The van der Waals surface area contributed by atoms with Crippen molar-refractivity contribution in [2.75, 3.05) is 26.7 Å². The van der Waals surface area contributed by atoms with E-state index in [1.54, 1.807) is 18.0 Å². The third kappa shape index (κ3) is 3.51. The van der Waals surface area contributed by atoms with Crippen LogP contribution in [0, 0.1) is 0 Å². The van der Waals surface area contributed by atoms with Crippen molar-refractivity contribution in [3.05, 3.63) is 23.2 Å². The van der Waals surface area contributed by atoms with Crippen LogP contribution < -0.4 is 5.73 Å². The maximum absolute atomic E-state index is 11.8. The molecule has 1 atom stereocenters. The van der Waals surface area contributed by atoms with Gasteiger partial charge in [-0.3, -0.25) is 9.69 Å². The van der Waals surface area contributed by atoms with E-state index in [1.807, 2.05) is 20.8 Å². The van der Waals surface area contributed by atoms with Crippen LogP contribution in [0.1, 0.15) is 55.5 Å². The number of amides is 2. The Morgan fingerprint density at radius 3 is 2.64 bits per heavy atom. The van der Waals surface area contributed by atoms with Crippen LogP contribution in [-0.2, 0) is 16.7 Å². The lowest BCUT2D eigenvalue weighted by atomic mass is 9.89. The Kier molecular flexibility index (Phi) is 4.31. The second kappa shape index (κ2) is 6.05. The summed E-state index contributed by atoms with van der Waals surface area (Å²) in [6.45, 7) is 9.01. The molecule has 0 bridgehead atoms. The topological polar surface area (TPSA) is 89.0 Å². The van der Waals surface area contributed by atoms with E-state index < -0.39 is 11.5 Å². The molecule has 1 aromatic heterocycles. The molecular formula is C18H27N3O4. The monoisotopic (exact) mass is 349 g/mol. The highest BCUT2D eigenvalue weighted by molar-refractivity contribution is 5.90. The lowest BCUT2D eigenvalue weighted by Crippen LogP contribution is -2.50. The van der Waals surface area contributed by atoms with Crippen molar-refractivity contribution in [3.8, 4) is 0 Å². The number of ether oxygens (including phenoxy) is 1. The molecule has 1 spiro atoms. The summed E-state index contributed by atoms with van der Waals surface area (Å²) in [6.07, 6.45) is 1.59. The zero-order chi connectivity index (χ0) is 18.4. The first-order valence-corrected chi connectivity index (χ1v) is 8.69. The lowest BCUT2D eigenvalue weighted by molar-refractivity contribution is -0.0115. The highest BCUT2D eigenvalue weighted by Gasteiger charge is 2.46. The molecule has 0 radical (unpaired) electrons. The molecule has 7 nitrogen and oxygen atoms in total. The first kappa shape index (κ1) is 17.8. The number of rotatable bonds is 3. The Morgan fingerprint density at radius 2 is 2.08 bits per heavy atom. The van der Waals surface area contributed by atoms with E-state index in [0.29, 0.717) is 19.6 Å². The highest BCUT2D eigenvalue weighted by Crippen LogP contribution is 2.34. The van der Waals surface area contributed by atoms with Crippen LogP contribution in [0.2, 0.25) is 0 Å². The molecule has 0 unspecified atom stereocenters. The van der Waals surface area contributed by atoms with Crippen molar-refractivity contribution in [3.63, 3.8) is 0 Å². The maximum Gasteiger partial charge on any atom is 0.410 e. The third-order valence-corrected chi connectivity index (χ3v) is 4.89. The van der Waals surface area contributed by atoms with Crippen LogP contribution in [0.5, 0.6) is 0 Å². The van der Waals surface area contributed by atoms with Crippen molar-refractivity contribution >= 4 is 12.0 Å². The van der Waals surface area contributed by atoms with Crippen molar-refractivity contribution in [2.24, 2.45) is 5.73 Å². The molecule has 2 saturated heterocycles. The van der Waals surface area contributed by atoms with Gasteiger partial charge in [-0.15, -0.1) is 0 Å². The van der Waals surface area contributed by atoms with Crippen molar-refractivity contribution < 1.29 is 18.7 Å². The fourth-order valence-corrected chi connectivity index (χ4v) is 3.87. The van der Waals surface area contributed by atoms with E-state index in [-0.39, 0.29) is 17.3 Å². The number of carbonyl (C=O) groups is 2. The summed E-state index contributed by atoms with van der Waals surface area (Å²) in [4.78, 5) is 27.2. The van der Waals surface area contributed by atoms with E-state index in [0.717, 1.165) is 30.7 Å². The van der Waals surface area contributed by atoms with Crippen LogP contribution in [0.25, 0.3) is 0 Å². The summed E-state index contributed by atoms with van der Waals surface area (Å²) in [6, 6.07) is 1.75.